The van der Waals surface area contributed by atoms with Gasteiger partial charge in [-0.15, -0.1) is 5.10 Å². The second-order valence-electron chi connectivity index (χ2n) is 8.52. The van der Waals surface area contributed by atoms with E-state index in [-0.39, 0.29) is 11.0 Å². The van der Waals surface area contributed by atoms with Crippen LogP contribution >= 0.6 is 11.8 Å². The van der Waals surface area contributed by atoms with Crippen LogP contribution in [0.3, 0.4) is 0 Å². The normalized spacial score (nSPS) is 11.8. The molecule has 0 unspecified atom stereocenters. The summed E-state index contributed by atoms with van der Waals surface area (Å²) in [4.78, 5) is 13.3. The highest BCUT2D eigenvalue weighted by molar-refractivity contribution is 7.98. The quantitative estimate of drug-likeness (QED) is 0.443. The van der Waals surface area contributed by atoms with Crippen molar-refractivity contribution >= 4 is 11.8 Å². The zero-order valence-corrected chi connectivity index (χ0v) is 19.2. The van der Waals surface area contributed by atoms with Gasteiger partial charge in [-0.3, -0.25) is 9.48 Å². The van der Waals surface area contributed by atoms with Crippen molar-refractivity contribution < 1.29 is 0 Å². The molecule has 0 aliphatic rings. The third-order valence-corrected chi connectivity index (χ3v) is 6.35. The SMILES string of the molecule is Cc1c(-n2nnnc2SCc2ccc(C(C)(C)C)cc2)c(=O)n(-c2ccccc2)n1C. The van der Waals surface area contributed by atoms with Crippen molar-refractivity contribution in [3.63, 3.8) is 0 Å². The molecule has 0 saturated heterocycles. The van der Waals surface area contributed by atoms with Gasteiger partial charge < -0.3 is 0 Å². The molecule has 4 aromatic rings. The first-order valence-corrected chi connectivity index (χ1v) is 11.1. The predicted molar refractivity (Wildman–Crippen MR) is 123 cm³/mol. The molecule has 2 aromatic carbocycles. The average Bonchev–Trinajstić information content (AvgIpc) is 3.29. The van der Waals surface area contributed by atoms with E-state index in [0.29, 0.717) is 16.6 Å². The number of hydrogen-bond acceptors (Lipinski definition) is 5. The van der Waals surface area contributed by atoms with Crippen LogP contribution in [-0.2, 0) is 18.2 Å². The second-order valence-corrected chi connectivity index (χ2v) is 9.46. The highest BCUT2D eigenvalue weighted by atomic mass is 32.2. The van der Waals surface area contributed by atoms with Gasteiger partial charge in [0.05, 0.1) is 11.4 Å². The van der Waals surface area contributed by atoms with Crippen LogP contribution < -0.4 is 5.56 Å². The minimum atomic E-state index is -0.158. The van der Waals surface area contributed by atoms with Crippen LogP contribution in [0, 0.1) is 6.92 Å². The summed E-state index contributed by atoms with van der Waals surface area (Å²) in [5, 5.41) is 12.7. The first-order chi connectivity index (χ1) is 14.8. The van der Waals surface area contributed by atoms with Crippen LogP contribution in [0.4, 0.5) is 0 Å². The zero-order valence-electron chi connectivity index (χ0n) is 18.4. The van der Waals surface area contributed by atoms with Crippen molar-refractivity contribution in [2.24, 2.45) is 7.05 Å². The van der Waals surface area contributed by atoms with E-state index in [4.69, 9.17) is 0 Å². The highest BCUT2D eigenvalue weighted by Gasteiger charge is 2.22. The fourth-order valence-corrected chi connectivity index (χ4v) is 4.29. The van der Waals surface area contributed by atoms with Gasteiger partial charge >= 0.3 is 0 Å². The van der Waals surface area contributed by atoms with Gasteiger partial charge in [-0.2, -0.15) is 4.68 Å². The van der Waals surface area contributed by atoms with Gasteiger partial charge in [0.1, 0.15) is 0 Å². The van der Waals surface area contributed by atoms with Crippen molar-refractivity contribution in [1.29, 1.82) is 0 Å². The maximum Gasteiger partial charge on any atom is 0.297 e. The Labute approximate surface area is 185 Å². The number of tetrazole rings is 1. The van der Waals surface area contributed by atoms with Gasteiger partial charge in [0.2, 0.25) is 5.16 Å². The lowest BCUT2D eigenvalue weighted by Crippen LogP contribution is -2.22. The Morgan fingerprint density at radius 1 is 1.00 bits per heavy atom. The van der Waals surface area contributed by atoms with Crippen LogP contribution in [-0.4, -0.2) is 29.6 Å². The predicted octanol–water partition coefficient (Wildman–Crippen LogP) is 4.05. The van der Waals surface area contributed by atoms with E-state index in [1.165, 1.54) is 22.9 Å². The molecule has 0 atom stereocenters. The Hall–Kier alpha value is -3.13. The fraction of sp³-hybridized carbons (Fsp3) is 0.304. The molecule has 8 heteroatoms. The molecule has 0 bridgehead atoms. The maximum atomic E-state index is 13.3. The zero-order chi connectivity index (χ0) is 22.2. The lowest BCUT2D eigenvalue weighted by molar-refractivity contribution is 0.590. The molecule has 0 fully saturated rings. The summed E-state index contributed by atoms with van der Waals surface area (Å²) in [7, 11) is 1.86. The van der Waals surface area contributed by atoms with E-state index < -0.39 is 0 Å². The van der Waals surface area contributed by atoms with Crippen molar-refractivity contribution in [2.75, 3.05) is 0 Å². The molecule has 0 spiro atoms. The lowest BCUT2D eigenvalue weighted by Gasteiger charge is -2.19. The number of rotatable bonds is 5. The molecule has 0 aliphatic heterocycles. The Balaban J connectivity index is 1.63. The molecule has 0 amide bonds. The van der Waals surface area contributed by atoms with E-state index in [1.54, 1.807) is 9.36 Å². The van der Waals surface area contributed by atoms with E-state index in [0.717, 1.165) is 11.4 Å². The largest absolute Gasteiger partial charge is 0.297 e. The number of benzene rings is 2. The first kappa shape index (κ1) is 21.1. The van der Waals surface area contributed by atoms with Gasteiger partial charge in [-0.25, -0.2) is 4.68 Å². The number of para-hydroxylation sites is 1. The molecule has 0 aliphatic carbocycles. The first-order valence-electron chi connectivity index (χ1n) is 10.1. The summed E-state index contributed by atoms with van der Waals surface area (Å²) in [6.07, 6.45) is 0. The molecular weight excluding hydrogens is 408 g/mol. The highest BCUT2D eigenvalue weighted by Crippen LogP contribution is 2.26. The van der Waals surface area contributed by atoms with Crippen molar-refractivity contribution in [3.05, 3.63) is 81.8 Å². The van der Waals surface area contributed by atoms with Crippen LogP contribution in [0.5, 0.6) is 0 Å². The minimum absolute atomic E-state index is 0.124. The van der Waals surface area contributed by atoms with E-state index in [1.807, 2.05) is 49.0 Å². The summed E-state index contributed by atoms with van der Waals surface area (Å²) < 4.78 is 5.01. The van der Waals surface area contributed by atoms with Gasteiger partial charge in [-0.1, -0.05) is 75.0 Å². The molecule has 2 heterocycles. The van der Waals surface area contributed by atoms with Gasteiger partial charge in [0, 0.05) is 12.8 Å². The Morgan fingerprint density at radius 2 is 1.68 bits per heavy atom. The topological polar surface area (TPSA) is 70.5 Å². The molecule has 2 aromatic heterocycles. The molecule has 0 radical (unpaired) electrons. The molecule has 0 N–H and O–H groups in total. The number of hydrogen-bond donors (Lipinski definition) is 0. The van der Waals surface area contributed by atoms with Crippen molar-refractivity contribution in [3.8, 4) is 11.4 Å². The molecular formula is C23H26N6OS. The van der Waals surface area contributed by atoms with Crippen molar-refractivity contribution in [2.45, 2.75) is 44.0 Å². The molecule has 160 valence electrons. The summed E-state index contributed by atoms with van der Waals surface area (Å²) in [5.41, 5.74) is 4.49. The lowest BCUT2D eigenvalue weighted by atomic mass is 9.87. The Morgan fingerprint density at radius 3 is 2.32 bits per heavy atom. The summed E-state index contributed by atoms with van der Waals surface area (Å²) in [5.74, 6) is 0.712. The number of nitrogens with zero attached hydrogens (tertiary/aromatic N) is 6. The maximum absolute atomic E-state index is 13.3. The molecule has 4 rings (SSSR count). The van der Waals surface area contributed by atoms with E-state index >= 15 is 0 Å². The van der Waals surface area contributed by atoms with E-state index in [9.17, 15) is 4.79 Å². The summed E-state index contributed by atoms with van der Waals surface area (Å²) in [6.45, 7) is 8.51. The molecule has 31 heavy (non-hydrogen) atoms. The van der Waals surface area contributed by atoms with Crippen LogP contribution in [0.1, 0.15) is 37.6 Å². The Kier molecular flexibility index (Phi) is 5.58. The minimum Gasteiger partial charge on any atom is -0.283 e. The van der Waals surface area contributed by atoms with Crippen LogP contribution in [0.2, 0.25) is 0 Å². The summed E-state index contributed by atoms with van der Waals surface area (Å²) in [6, 6.07) is 18.2. The third kappa shape index (κ3) is 4.07. The standard InChI is InChI=1S/C23H26N6OS/c1-16-20(21(30)29(27(16)5)19-9-7-6-8-10-19)28-22(24-25-26-28)31-15-17-11-13-18(14-12-17)23(2,3)4/h6-14H,15H2,1-5H3. The van der Waals surface area contributed by atoms with E-state index in [2.05, 4.69) is 60.6 Å². The third-order valence-electron chi connectivity index (χ3n) is 5.36. The number of aromatic nitrogens is 6. The smallest absolute Gasteiger partial charge is 0.283 e. The van der Waals surface area contributed by atoms with Crippen LogP contribution in [0.25, 0.3) is 11.4 Å². The molecule has 0 saturated carbocycles. The fourth-order valence-electron chi connectivity index (χ4n) is 3.46. The number of thioether (sulfide) groups is 1. The van der Waals surface area contributed by atoms with Gasteiger partial charge in [0.25, 0.3) is 5.56 Å². The van der Waals surface area contributed by atoms with Gasteiger partial charge in [0.15, 0.2) is 5.69 Å². The van der Waals surface area contributed by atoms with Gasteiger partial charge in [-0.05, 0) is 46.0 Å². The Bertz CT molecular complexity index is 1250. The monoisotopic (exact) mass is 434 g/mol. The average molecular weight is 435 g/mol. The van der Waals surface area contributed by atoms with Crippen molar-refractivity contribution in [1.82, 2.24) is 29.6 Å². The summed E-state index contributed by atoms with van der Waals surface area (Å²) >= 11 is 1.51. The molecule has 7 nitrogen and oxygen atoms in total. The van der Waals surface area contributed by atoms with Crippen LogP contribution in [0.15, 0.2) is 64.5 Å². The second kappa shape index (κ2) is 8.19.